The molecule has 0 amide bonds. The summed E-state index contributed by atoms with van der Waals surface area (Å²) in [4.78, 5) is 4.42. The maximum Gasteiger partial charge on any atom is 0.420 e. The number of fused-ring (bicyclic) bond motifs is 1. The summed E-state index contributed by atoms with van der Waals surface area (Å²) < 4.78 is 63.4. The second kappa shape index (κ2) is 10.2. The number of nitrogens with zero attached hydrogens (tertiary/aromatic N) is 1. The minimum Gasteiger partial charge on any atom is -0.493 e. The van der Waals surface area contributed by atoms with Crippen molar-refractivity contribution in [2.75, 3.05) is 18.2 Å². The lowest BCUT2D eigenvalue weighted by molar-refractivity contribution is -0.256. The first-order valence-electron chi connectivity index (χ1n) is 10.4. The zero-order valence-electron chi connectivity index (χ0n) is 19.0. The highest BCUT2D eigenvalue weighted by Gasteiger charge is 2.60. The Morgan fingerprint density at radius 1 is 1.15 bits per heavy atom. The van der Waals surface area contributed by atoms with Crippen LogP contribution in [0.3, 0.4) is 0 Å². The van der Waals surface area contributed by atoms with E-state index in [1.54, 1.807) is 51.1 Å². The highest BCUT2D eigenvalue weighted by Crippen LogP contribution is 2.48. The van der Waals surface area contributed by atoms with E-state index in [0.29, 0.717) is 16.6 Å². The number of aryl methyl sites for hydroxylation is 1. The highest BCUT2D eigenvalue weighted by molar-refractivity contribution is 7.99. The fraction of sp³-hybridized carbons (Fsp3) is 0.375. The Labute approximate surface area is 204 Å². The molecule has 0 spiro atoms. The van der Waals surface area contributed by atoms with Crippen molar-refractivity contribution in [2.45, 2.75) is 43.8 Å². The molecule has 1 aromatic heterocycles. The third kappa shape index (κ3) is 5.21. The Morgan fingerprint density at radius 2 is 1.85 bits per heavy atom. The summed E-state index contributed by atoms with van der Waals surface area (Å²) in [7, 11) is 1.13. The third-order valence-electron chi connectivity index (χ3n) is 5.37. The van der Waals surface area contributed by atoms with E-state index in [-0.39, 0.29) is 15.8 Å². The topological polar surface area (TPSA) is 54.4 Å². The van der Waals surface area contributed by atoms with Gasteiger partial charge in [0.2, 0.25) is 0 Å². The van der Waals surface area contributed by atoms with E-state index in [2.05, 4.69) is 10.3 Å². The highest BCUT2D eigenvalue weighted by atomic mass is 35.5. The van der Waals surface area contributed by atoms with Crippen LogP contribution in [0.4, 0.5) is 23.2 Å². The monoisotopic (exact) mass is 516 g/mol. The third-order valence-corrected chi connectivity index (χ3v) is 6.94. The van der Waals surface area contributed by atoms with Crippen molar-refractivity contribution >= 4 is 40.0 Å². The lowest BCUT2D eigenvalue weighted by Crippen LogP contribution is -2.55. The lowest BCUT2D eigenvalue weighted by Gasteiger charge is -2.39. The van der Waals surface area contributed by atoms with Crippen LogP contribution in [0.1, 0.15) is 31.1 Å². The van der Waals surface area contributed by atoms with Gasteiger partial charge in [-0.05, 0) is 42.5 Å². The van der Waals surface area contributed by atoms with Crippen molar-refractivity contribution in [1.82, 2.24) is 4.98 Å². The minimum atomic E-state index is -5.06. The van der Waals surface area contributed by atoms with Gasteiger partial charge in [-0.1, -0.05) is 37.6 Å². The zero-order chi connectivity index (χ0) is 25.3. The van der Waals surface area contributed by atoms with Gasteiger partial charge < -0.3 is 15.2 Å². The van der Waals surface area contributed by atoms with Crippen molar-refractivity contribution < 1.29 is 27.4 Å². The van der Waals surface area contributed by atoms with Crippen molar-refractivity contribution in [3.8, 4) is 5.75 Å². The van der Waals surface area contributed by atoms with Crippen LogP contribution < -0.4 is 10.1 Å². The van der Waals surface area contributed by atoms with E-state index in [1.165, 1.54) is 6.07 Å². The fourth-order valence-corrected chi connectivity index (χ4v) is 4.66. The van der Waals surface area contributed by atoms with Crippen LogP contribution in [-0.4, -0.2) is 40.0 Å². The average molecular weight is 517 g/mol. The summed E-state index contributed by atoms with van der Waals surface area (Å²) in [6, 6.07) is 8.96. The number of hydrogen-bond donors (Lipinski definition) is 2. The van der Waals surface area contributed by atoms with Crippen LogP contribution in [0.15, 0.2) is 42.5 Å². The second-order valence-corrected chi connectivity index (χ2v) is 10.1. The summed E-state index contributed by atoms with van der Waals surface area (Å²) in [5.74, 6) is -2.18. The number of anilines is 1. The number of benzene rings is 2. The quantitative estimate of drug-likeness (QED) is 0.318. The first-order valence-corrected chi connectivity index (χ1v) is 11.9. The second-order valence-electron chi connectivity index (χ2n) is 8.17. The van der Waals surface area contributed by atoms with E-state index < -0.39 is 35.1 Å². The molecule has 2 unspecified atom stereocenters. The number of alkyl halides is 3. The fourth-order valence-electron chi connectivity index (χ4n) is 3.60. The number of aromatic nitrogens is 1. The molecule has 3 aromatic rings. The summed E-state index contributed by atoms with van der Waals surface area (Å²) in [5.41, 5.74) is -1.90. The molecule has 0 aliphatic carbocycles. The van der Waals surface area contributed by atoms with Crippen LogP contribution in [0.5, 0.6) is 5.75 Å². The van der Waals surface area contributed by atoms with Gasteiger partial charge in [0, 0.05) is 28.1 Å². The van der Waals surface area contributed by atoms with E-state index in [0.717, 1.165) is 30.6 Å². The van der Waals surface area contributed by atoms with Gasteiger partial charge >= 0.3 is 6.18 Å². The molecule has 10 heteroatoms. The van der Waals surface area contributed by atoms with Crippen LogP contribution in [0, 0.1) is 12.7 Å². The van der Waals surface area contributed by atoms with Crippen LogP contribution in [0.25, 0.3) is 10.9 Å². The molecule has 0 aliphatic heterocycles. The Kier molecular flexibility index (Phi) is 7.89. The predicted molar refractivity (Wildman–Crippen MR) is 129 cm³/mol. The lowest BCUT2D eigenvalue weighted by atomic mass is 9.88. The number of methoxy groups -OCH3 is 1. The largest absolute Gasteiger partial charge is 0.493 e. The Balaban J connectivity index is 2.26. The molecule has 3 rings (SSSR count). The number of thioether (sulfide) groups is 1. The van der Waals surface area contributed by atoms with Gasteiger partial charge in [-0.25, -0.2) is 4.39 Å². The number of pyridine rings is 1. The summed E-state index contributed by atoms with van der Waals surface area (Å²) in [5, 5.41) is 14.1. The normalized spacial score (nSPS) is 14.8. The van der Waals surface area contributed by atoms with Crippen LogP contribution >= 0.6 is 23.4 Å². The van der Waals surface area contributed by atoms with Crippen LogP contribution in [-0.2, 0) is 0 Å². The molecule has 1 heterocycles. The van der Waals surface area contributed by atoms with Gasteiger partial charge in [-0.2, -0.15) is 24.9 Å². The Bertz CT molecular complexity index is 1180. The number of halogens is 5. The molecular weight excluding hydrogens is 492 g/mol. The maximum absolute atomic E-state index is 14.8. The molecule has 34 heavy (non-hydrogen) atoms. The summed E-state index contributed by atoms with van der Waals surface area (Å²) in [6.07, 6.45) is -5.06. The molecule has 0 fully saturated rings. The minimum absolute atomic E-state index is 0.192. The number of ether oxygens (including phenoxy) is 1. The van der Waals surface area contributed by atoms with Crippen molar-refractivity contribution in [3.63, 3.8) is 0 Å². The van der Waals surface area contributed by atoms with E-state index in [9.17, 15) is 22.7 Å². The van der Waals surface area contributed by atoms with Gasteiger partial charge in [0.25, 0.3) is 0 Å². The van der Waals surface area contributed by atoms with Gasteiger partial charge in [0.1, 0.15) is 0 Å². The summed E-state index contributed by atoms with van der Waals surface area (Å²) >= 11 is 6.80. The molecule has 0 radical (unpaired) electrons. The molecule has 2 atom stereocenters. The Morgan fingerprint density at radius 3 is 2.47 bits per heavy atom. The van der Waals surface area contributed by atoms with Crippen molar-refractivity contribution in [1.29, 1.82) is 0 Å². The first-order chi connectivity index (χ1) is 15.9. The maximum atomic E-state index is 14.8. The molecule has 2 N–H and O–H groups in total. The van der Waals surface area contributed by atoms with Crippen molar-refractivity contribution in [2.24, 2.45) is 0 Å². The number of nitrogens with one attached hydrogen (secondary N) is 1. The van der Waals surface area contributed by atoms with Crippen LogP contribution in [0.2, 0.25) is 5.02 Å². The van der Waals surface area contributed by atoms with E-state index >= 15 is 0 Å². The number of hydrogen-bond acceptors (Lipinski definition) is 5. The SMILES string of the molecule is COc1c(C(Nc2cccc3nc(C)ccc23)C(O)(CSC(C)C)C(F)(F)F)ccc(Cl)c1F. The molecular formula is C24H25ClF4N2O2S. The molecule has 184 valence electrons. The van der Waals surface area contributed by atoms with E-state index in [1.807, 2.05) is 0 Å². The average Bonchev–Trinajstić information content (AvgIpc) is 2.76. The first kappa shape index (κ1) is 26.4. The van der Waals surface area contributed by atoms with E-state index in [4.69, 9.17) is 16.3 Å². The molecule has 0 saturated heterocycles. The van der Waals surface area contributed by atoms with Gasteiger partial charge in [-0.15, -0.1) is 0 Å². The van der Waals surface area contributed by atoms with Gasteiger partial charge in [0.15, 0.2) is 17.2 Å². The number of aliphatic hydroxyl groups is 1. The zero-order valence-corrected chi connectivity index (χ0v) is 20.6. The Hall–Kier alpha value is -2.23. The molecule has 0 saturated carbocycles. The van der Waals surface area contributed by atoms with Crippen molar-refractivity contribution in [3.05, 3.63) is 64.6 Å². The number of rotatable bonds is 8. The smallest absolute Gasteiger partial charge is 0.420 e. The summed E-state index contributed by atoms with van der Waals surface area (Å²) in [6.45, 7) is 5.26. The molecule has 4 nitrogen and oxygen atoms in total. The predicted octanol–water partition coefficient (Wildman–Crippen LogP) is 6.93. The van der Waals surface area contributed by atoms with Gasteiger partial charge in [0.05, 0.1) is 23.7 Å². The van der Waals surface area contributed by atoms with Gasteiger partial charge in [-0.3, -0.25) is 4.98 Å². The molecule has 0 aliphatic rings. The molecule has 2 aromatic carbocycles. The standard InChI is InChI=1S/C24H25ClF4N2O2S/c1-13(2)34-12-23(32,24(27,28)29)22(16-10-11-17(25)20(26)21(16)33-4)31-19-7-5-6-18-15(19)9-8-14(3)30-18/h5-11,13,22,31-32H,12H2,1-4H3. The molecule has 0 bridgehead atoms.